The zero-order chi connectivity index (χ0) is 18.7. The maximum atomic E-state index is 14.5. The fourth-order valence-corrected chi connectivity index (χ4v) is 3.01. The molecule has 2 N–H and O–H groups in total. The van der Waals surface area contributed by atoms with Crippen LogP contribution in [0.25, 0.3) is 0 Å². The van der Waals surface area contributed by atoms with Crippen LogP contribution in [0, 0.1) is 18.6 Å². The van der Waals surface area contributed by atoms with Gasteiger partial charge >= 0.3 is 0 Å². The highest BCUT2D eigenvalue weighted by molar-refractivity contribution is 5.37. The molecule has 0 aromatic heterocycles. The van der Waals surface area contributed by atoms with Gasteiger partial charge < -0.3 is 15.4 Å². The molecule has 0 aliphatic carbocycles. The van der Waals surface area contributed by atoms with Crippen LogP contribution in [0.1, 0.15) is 43.9 Å². The van der Waals surface area contributed by atoms with Crippen LogP contribution in [-0.2, 0) is 0 Å². The van der Waals surface area contributed by atoms with Gasteiger partial charge in [-0.05, 0) is 38.5 Å². The number of rotatable bonds is 6. The van der Waals surface area contributed by atoms with Gasteiger partial charge in [-0.1, -0.05) is 24.6 Å². The predicted molar refractivity (Wildman–Crippen MR) is 99.1 cm³/mol. The first-order valence-electron chi connectivity index (χ1n) is 8.91. The van der Waals surface area contributed by atoms with Gasteiger partial charge in [-0.2, -0.15) is 0 Å². The number of halogens is 2. The molecule has 1 heterocycles. The Morgan fingerprint density at radius 1 is 1.19 bits per heavy atom. The third kappa shape index (κ3) is 4.15. The lowest BCUT2D eigenvalue weighted by Gasteiger charge is -2.18. The second-order valence-corrected chi connectivity index (χ2v) is 6.73. The summed E-state index contributed by atoms with van der Waals surface area (Å²) in [7, 11) is 0. The van der Waals surface area contributed by atoms with Crippen LogP contribution in [0.3, 0.4) is 0 Å². The molecule has 5 heteroatoms. The van der Waals surface area contributed by atoms with Gasteiger partial charge in [-0.3, -0.25) is 0 Å². The van der Waals surface area contributed by atoms with E-state index in [1.54, 1.807) is 12.1 Å². The van der Waals surface area contributed by atoms with Crippen LogP contribution in [0.2, 0.25) is 0 Å². The summed E-state index contributed by atoms with van der Waals surface area (Å²) in [5.41, 5.74) is 2.35. The van der Waals surface area contributed by atoms with Crippen molar-refractivity contribution in [3.63, 3.8) is 0 Å². The molecule has 0 spiro atoms. The normalized spacial score (nSPS) is 17.4. The third-order valence-electron chi connectivity index (χ3n) is 4.62. The Bertz CT molecular complexity index is 802. The lowest BCUT2D eigenvalue weighted by molar-refractivity contribution is 0.432. The molecule has 1 unspecified atom stereocenters. The van der Waals surface area contributed by atoms with Gasteiger partial charge in [0.25, 0.3) is 0 Å². The first-order chi connectivity index (χ1) is 12.5. The molecule has 1 aliphatic heterocycles. The summed E-state index contributed by atoms with van der Waals surface area (Å²) in [5, 5.41) is 6.52. The van der Waals surface area contributed by atoms with Crippen molar-refractivity contribution >= 4 is 0 Å². The summed E-state index contributed by atoms with van der Waals surface area (Å²) in [5.74, 6) is -0.719. The van der Waals surface area contributed by atoms with E-state index in [0.29, 0.717) is 11.8 Å². The maximum absolute atomic E-state index is 14.5. The summed E-state index contributed by atoms with van der Waals surface area (Å²) in [6.45, 7) is 5.88. The van der Waals surface area contributed by atoms with Crippen molar-refractivity contribution in [2.75, 3.05) is 0 Å². The minimum Gasteiger partial charge on any atom is -0.454 e. The van der Waals surface area contributed by atoms with Crippen LogP contribution >= 0.6 is 0 Å². The van der Waals surface area contributed by atoms with Crippen LogP contribution in [0.15, 0.2) is 48.3 Å². The molecule has 0 fully saturated rings. The van der Waals surface area contributed by atoms with E-state index in [0.717, 1.165) is 30.2 Å². The van der Waals surface area contributed by atoms with Gasteiger partial charge in [0.2, 0.25) is 0 Å². The number of ether oxygens (including phenoxy) is 1. The zero-order valence-electron chi connectivity index (χ0n) is 15.3. The monoisotopic (exact) mass is 358 g/mol. The average Bonchev–Trinajstić information content (AvgIpc) is 3.07. The second-order valence-electron chi connectivity index (χ2n) is 6.73. The smallest absolute Gasteiger partial charge is 0.166 e. The fourth-order valence-electron chi connectivity index (χ4n) is 3.01. The fraction of sp³-hybridized carbons (Fsp3) is 0.333. The van der Waals surface area contributed by atoms with Crippen molar-refractivity contribution in [3.8, 4) is 11.5 Å². The van der Waals surface area contributed by atoms with Gasteiger partial charge in [-0.15, -0.1) is 0 Å². The van der Waals surface area contributed by atoms with Crippen LogP contribution in [0.5, 0.6) is 11.5 Å². The summed E-state index contributed by atoms with van der Waals surface area (Å²) >= 11 is 0. The molecule has 0 saturated carbocycles. The second kappa shape index (κ2) is 7.77. The standard InChI is InChI=1S/C21H24F2N2O/c1-4-15-9-16(12-24-15)25-14(3)18-10-20(23)21(11-19(18)22)26-17-7-5-13(2)6-8-17/h5-8,10-12,14-15,24-25H,4,9H2,1-3H3/t14?,15-/m0/s1. The molecule has 3 rings (SSSR count). The Labute approximate surface area is 153 Å². The van der Waals surface area contributed by atoms with E-state index in [9.17, 15) is 8.78 Å². The zero-order valence-corrected chi connectivity index (χ0v) is 15.3. The maximum Gasteiger partial charge on any atom is 0.166 e. The van der Waals surface area contributed by atoms with Crippen molar-refractivity contribution in [1.82, 2.24) is 10.6 Å². The Hall–Kier alpha value is -2.56. The minimum atomic E-state index is -0.583. The van der Waals surface area contributed by atoms with Crippen LogP contribution < -0.4 is 15.4 Å². The van der Waals surface area contributed by atoms with Crippen molar-refractivity contribution in [2.24, 2.45) is 0 Å². The molecule has 0 saturated heterocycles. The molecule has 2 aromatic rings. The molecular formula is C21H24F2N2O. The Balaban J connectivity index is 1.73. The van der Waals surface area contributed by atoms with Gasteiger partial charge in [0.1, 0.15) is 11.6 Å². The Morgan fingerprint density at radius 2 is 1.92 bits per heavy atom. The SMILES string of the molecule is CC[C@H]1CC(NC(C)c2cc(F)c(Oc3ccc(C)cc3)cc2F)=CN1. The topological polar surface area (TPSA) is 33.3 Å². The molecule has 2 atom stereocenters. The molecule has 138 valence electrons. The van der Waals surface area contributed by atoms with Crippen molar-refractivity contribution in [1.29, 1.82) is 0 Å². The van der Waals surface area contributed by atoms with Crippen molar-refractivity contribution < 1.29 is 13.5 Å². The molecule has 3 nitrogen and oxygen atoms in total. The van der Waals surface area contributed by atoms with E-state index in [-0.39, 0.29) is 17.4 Å². The van der Waals surface area contributed by atoms with Gasteiger partial charge in [-0.25, -0.2) is 8.78 Å². The average molecular weight is 358 g/mol. The Kier molecular flexibility index (Phi) is 5.45. The largest absolute Gasteiger partial charge is 0.454 e. The summed E-state index contributed by atoms with van der Waals surface area (Å²) < 4.78 is 34.5. The molecule has 26 heavy (non-hydrogen) atoms. The number of hydrogen-bond acceptors (Lipinski definition) is 3. The van der Waals surface area contributed by atoms with Crippen molar-refractivity contribution in [3.05, 3.63) is 71.1 Å². The molecular weight excluding hydrogens is 334 g/mol. The number of aryl methyl sites for hydroxylation is 1. The lowest BCUT2D eigenvalue weighted by Crippen LogP contribution is -2.20. The molecule has 1 aliphatic rings. The number of hydrogen-bond donors (Lipinski definition) is 2. The lowest BCUT2D eigenvalue weighted by atomic mass is 10.1. The summed E-state index contributed by atoms with van der Waals surface area (Å²) in [4.78, 5) is 0. The molecule has 0 radical (unpaired) electrons. The Morgan fingerprint density at radius 3 is 2.58 bits per heavy atom. The van der Waals surface area contributed by atoms with Crippen LogP contribution in [-0.4, -0.2) is 6.04 Å². The van der Waals surface area contributed by atoms with Gasteiger partial charge in [0.15, 0.2) is 11.6 Å². The van der Waals surface area contributed by atoms with E-state index < -0.39 is 11.6 Å². The van der Waals surface area contributed by atoms with E-state index >= 15 is 0 Å². The van der Waals surface area contributed by atoms with E-state index in [2.05, 4.69) is 17.6 Å². The predicted octanol–water partition coefficient (Wildman–Crippen LogP) is 5.33. The summed E-state index contributed by atoms with van der Waals surface area (Å²) in [6.07, 6.45) is 3.79. The quantitative estimate of drug-likeness (QED) is 0.732. The van der Waals surface area contributed by atoms with Gasteiger partial charge in [0.05, 0.1) is 6.04 Å². The van der Waals surface area contributed by atoms with E-state index in [1.807, 2.05) is 32.2 Å². The number of nitrogens with one attached hydrogen (secondary N) is 2. The molecule has 0 amide bonds. The van der Waals surface area contributed by atoms with Crippen molar-refractivity contribution in [2.45, 2.75) is 45.7 Å². The first kappa shape index (κ1) is 18.2. The third-order valence-corrected chi connectivity index (χ3v) is 4.62. The minimum absolute atomic E-state index is 0.116. The van der Waals surface area contributed by atoms with E-state index in [4.69, 9.17) is 4.74 Å². The highest BCUT2D eigenvalue weighted by atomic mass is 19.1. The number of benzene rings is 2. The molecule has 2 aromatic carbocycles. The van der Waals surface area contributed by atoms with Crippen LogP contribution in [0.4, 0.5) is 8.78 Å². The van der Waals surface area contributed by atoms with Gasteiger partial charge in [0, 0.05) is 36.0 Å². The first-order valence-corrected chi connectivity index (χ1v) is 8.91. The highest BCUT2D eigenvalue weighted by Gasteiger charge is 2.20. The van der Waals surface area contributed by atoms with E-state index in [1.165, 1.54) is 6.07 Å². The molecule has 0 bridgehead atoms. The highest BCUT2D eigenvalue weighted by Crippen LogP contribution is 2.30. The summed E-state index contributed by atoms with van der Waals surface area (Å²) in [6, 6.07) is 9.55.